The largest absolute Gasteiger partial charge is 0.388 e. The molecule has 1 aliphatic carbocycles. The van der Waals surface area contributed by atoms with Crippen molar-refractivity contribution in [2.45, 2.75) is 51.7 Å². The molecule has 2 aromatic rings. The van der Waals surface area contributed by atoms with E-state index in [4.69, 9.17) is 0 Å². The third kappa shape index (κ3) is 4.02. The first-order valence-electron chi connectivity index (χ1n) is 8.83. The number of aliphatic hydroxyl groups is 1. The molecule has 6 heteroatoms. The highest BCUT2D eigenvalue weighted by Gasteiger charge is 2.31. The van der Waals surface area contributed by atoms with Crippen LogP contribution in [0.15, 0.2) is 30.3 Å². The normalized spacial score (nSPS) is 16.0. The summed E-state index contributed by atoms with van der Waals surface area (Å²) in [7, 11) is 0. The summed E-state index contributed by atoms with van der Waals surface area (Å²) in [6, 6.07) is 9.68. The van der Waals surface area contributed by atoms with E-state index in [9.17, 15) is 9.90 Å². The highest BCUT2D eigenvalue weighted by molar-refractivity contribution is 5.74. The molecule has 0 atom stereocenters. The number of amides is 2. The fraction of sp³-hybridized carbons (Fsp3) is 0.474. The van der Waals surface area contributed by atoms with E-state index in [0.717, 1.165) is 48.3 Å². The summed E-state index contributed by atoms with van der Waals surface area (Å²) in [4.78, 5) is 12.1. The van der Waals surface area contributed by atoms with Gasteiger partial charge >= 0.3 is 6.03 Å². The van der Waals surface area contributed by atoms with Gasteiger partial charge in [0.15, 0.2) is 0 Å². The van der Waals surface area contributed by atoms with Crippen LogP contribution in [0.4, 0.5) is 4.79 Å². The third-order valence-corrected chi connectivity index (χ3v) is 4.98. The smallest absolute Gasteiger partial charge is 0.315 e. The number of aryl methyl sites for hydroxylation is 1. The van der Waals surface area contributed by atoms with Gasteiger partial charge in [0.2, 0.25) is 0 Å². The number of rotatable bonds is 5. The maximum atomic E-state index is 12.1. The standard InChI is InChI=1S/C19H26N4O2/c1-14-17(15(2)23(22-14)16-8-4-3-5-9-16)12-20-18(24)21-13-19(25)10-6-7-11-19/h3-5,8-9,25H,6-7,10-13H2,1-2H3,(H2,20,21,24). The molecule has 0 bridgehead atoms. The lowest BCUT2D eigenvalue weighted by molar-refractivity contribution is 0.0501. The maximum Gasteiger partial charge on any atom is 0.315 e. The van der Waals surface area contributed by atoms with Crippen LogP contribution in [0.1, 0.15) is 42.6 Å². The number of para-hydroxylation sites is 1. The zero-order valence-electron chi connectivity index (χ0n) is 14.9. The lowest BCUT2D eigenvalue weighted by Crippen LogP contribution is -2.44. The molecule has 134 valence electrons. The third-order valence-electron chi connectivity index (χ3n) is 4.98. The Labute approximate surface area is 148 Å². The Hall–Kier alpha value is -2.34. The average molecular weight is 342 g/mol. The zero-order valence-corrected chi connectivity index (χ0v) is 14.9. The van der Waals surface area contributed by atoms with Gasteiger partial charge < -0.3 is 15.7 Å². The molecule has 0 spiro atoms. The second kappa shape index (κ2) is 7.27. The van der Waals surface area contributed by atoms with E-state index in [1.807, 2.05) is 48.9 Å². The van der Waals surface area contributed by atoms with E-state index in [1.54, 1.807) is 0 Å². The second-order valence-electron chi connectivity index (χ2n) is 6.86. The van der Waals surface area contributed by atoms with Gasteiger partial charge in [0.05, 0.1) is 17.0 Å². The Balaban J connectivity index is 1.60. The molecule has 1 fully saturated rings. The number of urea groups is 1. The van der Waals surface area contributed by atoms with Crippen LogP contribution in [0.25, 0.3) is 5.69 Å². The average Bonchev–Trinajstić information content (AvgIpc) is 3.16. The molecule has 0 aliphatic heterocycles. The molecule has 2 amide bonds. The predicted molar refractivity (Wildman–Crippen MR) is 96.7 cm³/mol. The molecule has 3 rings (SSSR count). The van der Waals surface area contributed by atoms with Gasteiger partial charge in [0.25, 0.3) is 0 Å². The predicted octanol–water partition coefficient (Wildman–Crippen LogP) is 2.59. The lowest BCUT2D eigenvalue weighted by Gasteiger charge is -2.22. The topological polar surface area (TPSA) is 79.2 Å². The van der Waals surface area contributed by atoms with Crippen LogP contribution in [0.5, 0.6) is 0 Å². The van der Waals surface area contributed by atoms with Crippen molar-refractivity contribution < 1.29 is 9.90 Å². The fourth-order valence-electron chi connectivity index (χ4n) is 3.44. The minimum Gasteiger partial charge on any atom is -0.388 e. The van der Waals surface area contributed by atoms with Crippen molar-refractivity contribution in [3.63, 3.8) is 0 Å². The lowest BCUT2D eigenvalue weighted by atomic mass is 10.0. The highest BCUT2D eigenvalue weighted by Crippen LogP contribution is 2.28. The van der Waals surface area contributed by atoms with Crippen LogP contribution in [0.3, 0.4) is 0 Å². The second-order valence-corrected chi connectivity index (χ2v) is 6.86. The number of carbonyl (C=O) groups is 1. The Morgan fingerprint density at radius 3 is 2.56 bits per heavy atom. The van der Waals surface area contributed by atoms with Gasteiger partial charge in [0, 0.05) is 24.3 Å². The first kappa shape index (κ1) is 17.5. The maximum absolute atomic E-state index is 12.1. The fourth-order valence-corrected chi connectivity index (χ4v) is 3.44. The number of hydrogen-bond donors (Lipinski definition) is 3. The monoisotopic (exact) mass is 342 g/mol. The summed E-state index contributed by atoms with van der Waals surface area (Å²) in [5, 5.41) is 20.5. The number of nitrogens with one attached hydrogen (secondary N) is 2. The molecule has 1 heterocycles. The molecule has 1 aromatic carbocycles. The van der Waals surface area contributed by atoms with E-state index in [0.29, 0.717) is 13.1 Å². The van der Waals surface area contributed by atoms with Crippen LogP contribution in [0.2, 0.25) is 0 Å². The van der Waals surface area contributed by atoms with E-state index < -0.39 is 5.60 Å². The summed E-state index contributed by atoms with van der Waals surface area (Å²) in [6.45, 7) is 4.67. The molecule has 0 saturated heterocycles. The van der Waals surface area contributed by atoms with Crippen LogP contribution in [-0.4, -0.2) is 33.1 Å². The van der Waals surface area contributed by atoms with E-state index in [2.05, 4.69) is 15.7 Å². The molecular formula is C19H26N4O2. The van der Waals surface area contributed by atoms with Crippen molar-refractivity contribution in [3.8, 4) is 5.69 Å². The molecule has 1 aliphatic rings. The first-order valence-corrected chi connectivity index (χ1v) is 8.83. The van der Waals surface area contributed by atoms with Gasteiger partial charge in [0.1, 0.15) is 0 Å². The van der Waals surface area contributed by atoms with Crippen molar-refractivity contribution in [2.24, 2.45) is 0 Å². The Kier molecular flexibility index (Phi) is 5.08. The number of hydrogen-bond acceptors (Lipinski definition) is 3. The van der Waals surface area contributed by atoms with E-state index in [1.165, 1.54) is 0 Å². The minimum absolute atomic E-state index is 0.258. The molecule has 1 saturated carbocycles. The summed E-state index contributed by atoms with van der Waals surface area (Å²) >= 11 is 0. The SMILES string of the molecule is Cc1nn(-c2ccccc2)c(C)c1CNC(=O)NCC1(O)CCCC1. The van der Waals surface area contributed by atoms with E-state index >= 15 is 0 Å². The molecule has 25 heavy (non-hydrogen) atoms. The first-order chi connectivity index (χ1) is 12.0. The van der Waals surface area contributed by atoms with Gasteiger partial charge in [-0.05, 0) is 38.8 Å². The Morgan fingerprint density at radius 1 is 1.20 bits per heavy atom. The summed E-state index contributed by atoms with van der Waals surface area (Å²) in [5.41, 5.74) is 3.19. The summed E-state index contributed by atoms with van der Waals surface area (Å²) in [5.74, 6) is 0. The van der Waals surface area contributed by atoms with Crippen LogP contribution < -0.4 is 10.6 Å². The van der Waals surface area contributed by atoms with Crippen LogP contribution >= 0.6 is 0 Å². The van der Waals surface area contributed by atoms with Gasteiger partial charge in [-0.2, -0.15) is 5.10 Å². The molecule has 6 nitrogen and oxygen atoms in total. The number of benzene rings is 1. The van der Waals surface area contributed by atoms with Crippen LogP contribution in [0, 0.1) is 13.8 Å². The van der Waals surface area contributed by atoms with Crippen molar-refractivity contribution >= 4 is 6.03 Å². The molecule has 0 radical (unpaired) electrons. The quantitative estimate of drug-likeness (QED) is 0.781. The van der Waals surface area contributed by atoms with Gasteiger partial charge in [-0.25, -0.2) is 9.48 Å². The van der Waals surface area contributed by atoms with E-state index in [-0.39, 0.29) is 6.03 Å². The van der Waals surface area contributed by atoms with Crippen molar-refractivity contribution in [1.82, 2.24) is 20.4 Å². The minimum atomic E-state index is -0.735. The highest BCUT2D eigenvalue weighted by atomic mass is 16.3. The summed E-state index contributed by atoms with van der Waals surface area (Å²) in [6.07, 6.45) is 3.57. The van der Waals surface area contributed by atoms with Crippen molar-refractivity contribution in [3.05, 3.63) is 47.3 Å². The molecule has 3 N–H and O–H groups in total. The molecule has 0 unspecified atom stereocenters. The van der Waals surface area contributed by atoms with Crippen molar-refractivity contribution in [2.75, 3.05) is 6.54 Å². The van der Waals surface area contributed by atoms with Crippen LogP contribution in [-0.2, 0) is 6.54 Å². The van der Waals surface area contributed by atoms with Gasteiger partial charge in [-0.1, -0.05) is 31.0 Å². The van der Waals surface area contributed by atoms with Gasteiger partial charge in [-0.15, -0.1) is 0 Å². The Morgan fingerprint density at radius 2 is 1.88 bits per heavy atom. The zero-order chi connectivity index (χ0) is 17.9. The molecule has 1 aromatic heterocycles. The molecular weight excluding hydrogens is 316 g/mol. The van der Waals surface area contributed by atoms with Crippen molar-refractivity contribution in [1.29, 1.82) is 0 Å². The summed E-state index contributed by atoms with van der Waals surface area (Å²) < 4.78 is 1.89. The van der Waals surface area contributed by atoms with Gasteiger partial charge in [-0.3, -0.25) is 0 Å². The number of carbonyl (C=O) groups excluding carboxylic acids is 1. The number of aromatic nitrogens is 2. The Bertz CT molecular complexity index is 733. The number of nitrogens with zero attached hydrogens (tertiary/aromatic N) is 2.